The molecule has 0 aliphatic rings. The van der Waals surface area contributed by atoms with Crippen LogP contribution in [0.25, 0.3) is 0 Å². The van der Waals surface area contributed by atoms with E-state index in [-0.39, 0.29) is 36.0 Å². The summed E-state index contributed by atoms with van der Waals surface area (Å²) in [5.41, 5.74) is -0.178. The Kier molecular flexibility index (Phi) is 5.07. The van der Waals surface area contributed by atoms with Crippen LogP contribution in [0.15, 0.2) is 23.4 Å². The van der Waals surface area contributed by atoms with Gasteiger partial charge in [-0.05, 0) is 12.1 Å². The Hall–Kier alpha value is -0.500. The lowest BCUT2D eigenvalue weighted by molar-refractivity contribution is 0.601. The van der Waals surface area contributed by atoms with Crippen LogP contribution in [0.1, 0.15) is 0 Å². The lowest BCUT2D eigenvalue weighted by Gasteiger charge is -2.12. The summed E-state index contributed by atoms with van der Waals surface area (Å²) in [5.74, 6) is 0. The molecule has 0 aliphatic heterocycles. The third-order valence-corrected chi connectivity index (χ3v) is 5.28. The van der Waals surface area contributed by atoms with Gasteiger partial charge >= 0.3 is 0 Å². The molecule has 1 aromatic carbocycles. The van der Waals surface area contributed by atoms with Crippen LogP contribution in [0.5, 0.6) is 0 Å². The van der Waals surface area contributed by atoms with Gasteiger partial charge in [-0.15, -0.1) is 0 Å². The lowest BCUT2D eigenvalue weighted by Crippen LogP contribution is -2.15. The summed E-state index contributed by atoms with van der Waals surface area (Å²) in [6.45, 7) is 0. The number of hydrogen-bond donors (Lipinski definition) is 1. The fourth-order valence-corrected chi connectivity index (χ4v) is 4.54. The van der Waals surface area contributed by atoms with E-state index in [0.29, 0.717) is 0 Å². The zero-order chi connectivity index (χ0) is 15.8. The fourth-order valence-electron chi connectivity index (χ4n) is 1.40. The summed E-state index contributed by atoms with van der Waals surface area (Å²) < 4.78 is 26.9. The SMILES string of the molecule is O=S(=O)(Nc1c(Cl)ncnc1Cl)c1c(Cl)cc(Cl)cc1Cl. The smallest absolute Gasteiger partial charge is 0.265 e. The highest BCUT2D eigenvalue weighted by atomic mass is 35.5. The van der Waals surface area contributed by atoms with Gasteiger partial charge in [-0.2, -0.15) is 0 Å². The predicted molar refractivity (Wildman–Crippen MR) is 84.3 cm³/mol. The molecule has 0 aliphatic carbocycles. The summed E-state index contributed by atoms with van der Waals surface area (Å²) in [6, 6.07) is 2.49. The van der Waals surface area contributed by atoms with Crippen LogP contribution in [0.2, 0.25) is 25.4 Å². The van der Waals surface area contributed by atoms with Crippen LogP contribution in [0.3, 0.4) is 0 Å². The van der Waals surface area contributed by atoms with Gasteiger partial charge in [-0.25, -0.2) is 18.4 Å². The molecule has 0 fully saturated rings. The number of anilines is 1. The van der Waals surface area contributed by atoms with Crippen LogP contribution in [0, 0.1) is 0 Å². The van der Waals surface area contributed by atoms with Crippen LogP contribution in [-0.2, 0) is 10.0 Å². The van der Waals surface area contributed by atoms with Crippen molar-refractivity contribution in [2.75, 3.05) is 4.72 Å². The summed E-state index contributed by atoms with van der Waals surface area (Å²) in [4.78, 5) is 6.91. The molecule has 2 rings (SSSR count). The summed E-state index contributed by atoms with van der Waals surface area (Å²) in [5, 5.41) is -0.434. The Morgan fingerprint density at radius 2 is 1.38 bits per heavy atom. The van der Waals surface area contributed by atoms with E-state index < -0.39 is 10.0 Å². The van der Waals surface area contributed by atoms with Gasteiger partial charge in [0.15, 0.2) is 10.3 Å². The van der Waals surface area contributed by atoms with Gasteiger partial charge in [0.05, 0.1) is 10.0 Å². The van der Waals surface area contributed by atoms with Crippen molar-refractivity contribution >= 4 is 73.7 Å². The molecule has 1 aromatic heterocycles. The minimum Gasteiger partial charge on any atom is -0.273 e. The number of aromatic nitrogens is 2. The van der Waals surface area contributed by atoms with Crippen molar-refractivity contribution in [1.82, 2.24) is 9.97 Å². The van der Waals surface area contributed by atoms with Gasteiger partial charge in [0.25, 0.3) is 10.0 Å². The first-order valence-electron chi connectivity index (χ1n) is 5.05. The average molecular weight is 407 g/mol. The van der Waals surface area contributed by atoms with Gasteiger partial charge in [0, 0.05) is 5.02 Å². The van der Waals surface area contributed by atoms with Crippen LogP contribution < -0.4 is 4.72 Å². The maximum absolute atomic E-state index is 12.4. The van der Waals surface area contributed by atoms with Gasteiger partial charge in [0.2, 0.25) is 0 Å². The molecule has 1 N–H and O–H groups in total. The number of nitrogens with zero attached hydrogens (tertiary/aromatic N) is 2. The Balaban J connectivity index is 2.54. The zero-order valence-corrected chi connectivity index (χ0v) is 14.3. The topological polar surface area (TPSA) is 72.0 Å². The number of rotatable bonds is 3. The van der Waals surface area contributed by atoms with Crippen molar-refractivity contribution in [3.05, 3.63) is 43.8 Å². The first kappa shape index (κ1) is 16.9. The average Bonchev–Trinajstić information content (AvgIpc) is 2.32. The first-order chi connectivity index (χ1) is 9.72. The maximum atomic E-state index is 12.4. The van der Waals surface area contributed by atoms with E-state index in [1.54, 1.807) is 0 Å². The summed E-state index contributed by atoms with van der Waals surface area (Å²) >= 11 is 29.1. The normalized spacial score (nSPS) is 11.5. The molecule has 21 heavy (non-hydrogen) atoms. The second kappa shape index (κ2) is 6.32. The number of sulfonamides is 1. The first-order valence-corrected chi connectivity index (χ1v) is 8.43. The summed E-state index contributed by atoms with van der Waals surface area (Å²) in [6.07, 6.45) is 1.09. The van der Waals surface area contributed by atoms with E-state index >= 15 is 0 Å². The van der Waals surface area contributed by atoms with Gasteiger partial charge in [-0.1, -0.05) is 58.0 Å². The van der Waals surface area contributed by atoms with Crippen molar-refractivity contribution in [2.45, 2.75) is 4.90 Å². The maximum Gasteiger partial charge on any atom is 0.265 e. The Morgan fingerprint density at radius 3 is 1.86 bits per heavy atom. The largest absolute Gasteiger partial charge is 0.273 e. The molecule has 5 nitrogen and oxygen atoms in total. The number of hydrogen-bond acceptors (Lipinski definition) is 4. The van der Waals surface area contributed by atoms with E-state index in [9.17, 15) is 8.42 Å². The Morgan fingerprint density at radius 1 is 0.905 bits per heavy atom. The monoisotopic (exact) mass is 405 g/mol. The minimum absolute atomic E-state index is 0.149. The third-order valence-electron chi connectivity index (χ3n) is 2.22. The van der Waals surface area contributed by atoms with E-state index in [2.05, 4.69) is 14.7 Å². The van der Waals surface area contributed by atoms with Crippen molar-refractivity contribution < 1.29 is 8.42 Å². The highest BCUT2D eigenvalue weighted by molar-refractivity contribution is 7.93. The number of nitrogens with one attached hydrogen (secondary N) is 1. The van der Waals surface area contributed by atoms with E-state index in [1.165, 1.54) is 12.1 Å². The van der Waals surface area contributed by atoms with Crippen LogP contribution >= 0.6 is 58.0 Å². The molecule has 0 unspecified atom stereocenters. The molecule has 0 atom stereocenters. The van der Waals surface area contributed by atoms with Crippen molar-refractivity contribution in [3.63, 3.8) is 0 Å². The van der Waals surface area contributed by atoms with Gasteiger partial charge < -0.3 is 0 Å². The molecule has 0 bridgehead atoms. The van der Waals surface area contributed by atoms with Crippen LogP contribution in [0.4, 0.5) is 5.69 Å². The molecule has 1 heterocycles. The van der Waals surface area contributed by atoms with Gasteiger partial charge in [0.1, 0.15) is 16.9 Å². The van der Waals surface area contributed by atoms with E-state index in [1.807, 2.05) is 0 Å². The molecule has 0 saturated carbocycles. The quantitative estimate of drug-likeness (QED) is 0.758. The molecule has 0 saturated heterocycles. The summed E-state index contributed by atoms with van der Waals surface area (Å²) in [7, 11) is -4.16. The second-order valence-electron chi connectivity index (χ2n) is 3.63. The molecule has 0 spiro atoms. The lowest BCUT2D eigenvalue weighted by atomic mass is 10.4. The predicted octanol–water partition coefficient (Wildman–Crippen LogP) is 4.54. The van der Waals surface area contributed by atoms with Crippen molar-refractivity contribution in [2.24, 2.45) is 0 Å². The van der Waals surface area contributed by atoms with Crippen molar-refractivity contribution in [1.29, 1.82) is 0 Å². The Bertz CT molecular complexity index is 769. The van der Waals surface area contributed by atoms with E-state index in [0.717, 1.165) is 6.33 Å². The highest BCUT2D eigenvalue weighted by Gasteiger charge is 2.25. The Labute approximate surface area is 145 Å². The van der Waals surface area contributed by atoms with Crippen LogP contribution in [-0.4, -0.2) is 18.4 Å². The number of benzene rings is 1. The standard InChI is InChI=1S/C10H4Cl5N3O2S/c11-4-1-5(12)8(6(13)2-4)21(19,20)18-7-9(14)16-3-17-10(7)15/h1-3,18H. The number of halogens is 5. The second-order valence-corrected chi connectivity index (χ2v) is 7.22. The molecular formula is C10H4Cl5N3O2S. The molecular weight excluding hydrogens is 403 g/mol. The molecule has 112 valence electrons. The van der Waals surface area contributed by atoms with Crippen molar-refractivity contribution in [3.8, 4) is 0 Å². The van der Waals surface area contributed by atoms with Gasteiger partial charge in [-0.3, -0.25) is 4.72 Å². The third kappa shape index (κ3) is 3.64. The highest BCUT2D eigenvalue weighted by Crippen LogP contribution is 2.35. The molecule has 11 heteroatoms. The fraction of sp³-hybridized carbons (Fsp3) is 0. The molecule has 2 aromatic rings. The zero-order valence-electron chi connectivity index (χ0n) is 9.74. The molecule has 0 radical (unpaired) electrons. The van der Waals surface area contributed by atoms with E-state index in [4.69, 9.17) is 58.0 Å². The molecule has 0 amide bonds. The minimum atomic E-state index is -4.16.